The molecule has 1 aromatic heterocycles. The van der Waals surface area contributed by atoms with Gasteiger partial charge >= 0.3 is 5.97 Å². The third-order valence-corrected chi connectivity index (χ3v) is 4.88. The van der Waals surface area contributed by atoms with Gasteiger partial charge < -0.3 is 15.7 Å². The number of nitrogens with one attached hydrogen (secondary N) is 2. The molecule has 0 saturated carbocycles. The Bertz CT molecular complexity index is 1070. The van der Waals surface area contributed by atoms with E-state index in [0.717, 1.165) is 10.0 Å². The first-order chi connectivity index (χ1) is 13.5. The van der Waals surface area contributed by atoms with Crippen LogP contribution < -0.4 is 10.6 Å². The van der Waals surface area contributed by atoms with E-state index in [4.69, 9.17) is 0 Å². The fraction of sp³-hybridized carbons (Fsp3) is 0.0500. The van der Waals surface area contributed by atoms with Crippen LogP contribution in [0.1, 0.15) is 22.0 Å². The van der Waals surface area contributed by atoms with Crippen LogP contribution in [0.5, 0.6) is 0 Å². The number of carboxylic acid groups (broad SMARTS) is 1. The Hall–Kier alpha value is -3.39. The van der Waals surface area contributed by atoms with E-state index in [1.807, 2.05) is 42.5 Å². The molecule has 0 aliphatic carbocycles. The van der Waals surface area contributed by atoms with Crippen LogP contribution in [0, 0.1) is 0 Å². The van der Waals surface area contributed by atoms with E-state index in [-0.39, 0.29) is 17.2 Å². The molecule has 8 heteroatoms. The van der Waals surface area contributed by atoms with Gasteiger partial charge in [0.25, 0.3) is 5.91 Å². The predicted molar refractivity (Wildman–Crippen MR) is 108 cm³/mol. The van der Waals surface area contributed by atoms with E-state index in [1.54, 1.807) is 22.9 Å². The fourth-order valence-corrected chi connectivity index (χ4v) is 3.27. The Morgan fingerprint density at radius 2 is 1.82 bits per heavy atom. The quantitative estimate of drug-likeness (QED) is 0.574. The lowest BCUT2D eigenvalue weighted by molar-refractivity contribution is -0.132. The third-order valence-electron chi connectivity index (χ3n) is 4.35. The summed E-state index contributed by atoms with van der Waals surface area (Å²) in [6.07, 6.45) is 3.01. The highest BCUT2D eigenvalue weighted by molar-refractivity contribution is 9.10. The predicted octanol–water partition coefficient (Wildman–Crippen LogP) is 3.88. The minimum absolute atomic E-state index is 0.00493. The number of carboxylic acids is 1. The van der Waals surface area contributed by atoms with Crippen LogP contribution in [-0.2, 0) is 4.79 Å². The van der Waals surface area contributed by atoms with Crippen molar-refractivity contribution < 1.29 is 14.7 Å². The molecule has 140 valence electrons. The summed E-state index contributed by atoms with van der Waals surface area (Å²) in [5.41, 5.74) is 1.75. The molecule has 0 spiro atoms. The van der Waals surface area contributed by atoms with Gasteiger partial charge in [-0.05, 0) is 35.9 Å². The maximum atomic E-state index is 12.7. The van der Waals surface area contributed by atoms with Crippen molar-refractivity contribution >= 4 is 39.3 Å². The number of carbonyl (C=O) groups excluding carboxylic acids is 1. The van der Waals surface area contributed by atoms with Crippen LogP contribution >= 0.6 is 15.9 Å². The monoisotopic (exact) mass is 438 g/mol. The number of carbonyl (C=O) groups is 2. The average molecular weight is 439 g/mol. The number of rotatable bonds is 4. The van der Waals surface area contributed by atoms with Crippen molar-refractivity contribution in [2.24, 2.45) is 0 Å². The Kier molecular flexibility index (Phi) is 4.70. The van der Waals surface area contributed by atoms with Crippen molar-refractivity contribution in [3.05, 3.63) is 88.2 Å². The molecule has 2 heterocycles. The highest BCUT2D eigenvalue weighted by atomic mass is 79.9. The molecule has 0 saturated heterocycles. The number of anilines is 2. The minimum Gasteiger partial charge on any atom is -0.477 e. The number of nitrogens with zero attached hydrogens (tertiary/aromatic N) is 2. The van der Waals surface area contributed by atoms with Gasteiger partial charge in [-0.1, -0.05) is 46.3 Å². The number of allylic oxidation sites excluding steroid dienone is 1. The Labute approximate surface area is 168 Å². The van der Waals surface area contributed by atoms with E-state index >= 15 is 0 Å². The van der Waals surface area contributed by atoms with Crippen molar-refractivity contribution in [3.63, 3.8) is 0 Å². The molecule has 1 atom stereocenters. The Balaban J connectivity index is 1.73. The molecule has 1 unspecified atom stereocenters. The molecule has 2 aromatic carbocycles. The van der Waals surface area contributed by atoms with Gasteiger partial charge in [-0.3, -0.25) is 4.79 Å². The molecule has 3 N–H and O–H groups in total. The van der Waals surface area contributed by atoms with Crippen molar-refractivity contribution in [2.45, 2.75) is 6.04 Å². The molecule has 0 fully saturated rings. The van der Waals surface area contributed by atoms with Crippen LogP contribution in [-0.4, -0.2) is 26.8 Å². The number of aromatic nitrogens is 2. The number of halogens is 1. The zero-order chi connectivity index (χ0) is 19.7. The normalized spacial score (nSPS) is 15.2. The van der Waals surface area contributed by atoms with E-state index < -0.39 is 12.0 Å². The molecule has 1 amide bonds. The van der Waals surface area contributed by atoms with E-state index in [2.05, 4.69) is 31.7 Å². The lowest BCUT2D eigenvalue weighted by atomic mass is 10.0. The minimum atomic E-state index is -1.11. The lowest BCUT2D eigenvalue weighted by Crippen LogP contribution is -2.25. The average Bonchev–Trinajstić information content (AvgIpc) is 3.13. The van der Waals surface area contributed by atoms with Crippen LogP contribution in [0.3, 0.4) is 0 Å². The molecule has 1 aliphatic rings. The van der Waals surface area contributed by atoms with E-state index in [1.165, 1.54) is 6.20 Å². The summed E-state index contributed by atoms with van der Waals surface area (Å²) < 4.78 is 2.52. The second kappa shape index (κ2) is 7.32. The zero-order valence-electron chi connectivity index (χ0n) is 14.5. The SMILES string of the molecule is O=C(O)C1=CC(c2ccc(Br)cc2)n2ncc(C(=O)Nc3ccccc3)c2N1. The van der Waals surface area contributed by atoms with Crippen molar-refractivity contribution in [2.75, 3.05) is 10.6 Å². The summed E-state index contributed by atoms with van der Waals surface area (Å²) >= 11 is 3.39. The number of para-hydroxylation sites is 1. The summed E-state index contributed by atoms with van der Waals surface area (Å²) in [6, 6.07) is 16.1. The molecular weight excluding hydrogens is 424 g/mol. The fourth-order valence-electron chi connectivity index (χ4n) is 3.00. The van der Waals surface area contributed by atoms with Crippen LogP contribution in [0.2, 0.25) is 0 Å². The number of hydrogen-bond acceptors (Lipinski definition) is 4. The largest absolute Gasteiger partial charge is 0.477 e. The lowest BCUT2D eigenvalue weighted by Gasteiger charge is -2.24. The van der Waals surface area contributed by atoms with Crippen molar-refractivity contribution in [1.29, 1.82) is 0 Å². The maximum absolute atomic E-state index is 12.7. The summed E-state index contributed by atoms with van der Waals surface area (Å²) in [4.78, 5) is 24.4. The molecule has 0 bridgehead atoms. The third kappa shape index (κ3) is 3.41. The van der Waals surface area contributed by atoms with Crippen LogP contribution in [0.15, 0.2) is 77.0 Å². The van der Waals surface area contributed by atoms with Gasteiger partial charge in [0, 0.05) is 10.2 Å². The summed E-state index contributed by atoms with van der Waals surface area (Å²) in [5.74, 6) is -1.15. The molecule has 7 nitrogen and oxygen atoms in total. The second-order valence-corrected chi connectivity index (χ2v) is 7.09. The summed E-state index contributed by atoms with van der Waals surface area (Å²) in [5, 5.41) is 19.5. The molecule has 28 heavy (non-hydrogen) atoms. The molecule has 0 radical (unpaired) electrons. The van der Waals surface area contributed by atoms with E-state index in [0.29, 0.717) is 11.5 Å². The molecular formula is C20H15BrN4O3. The Morgan fingerprint density at radius 3 is 2.50 bits per heavy atom. The van der Waals surface area contributed by atoms with Crippen molar-refractivity contribution in [3.8, 4) is 0 Å². The van der Waals surface area contributed by atoms with Crippen LogP contribution in [0.4, 0.5) is 11.5 Å². The number of hydrogen-bond donors (Lipinski definition) is 3. The van der Waals surface area contributed by atoms with Gasteiger partial charge in [-0.25, -0.2) is 9.48 Å². The number of aliphatic carboxylic acids is 1. The first kappa shape index (κ1) is 18.0. The standard InChI is InChI=1S/C20H15BrN4O3/c21-13-8-6-12(7-9-13)17-10-16(20(27)28)24-18-15(11-22-25(17)18)19(26)23-14-4-2-1-3-5-14/h1-11,17,24H,(H,23,26)(H,27,28). The molecule has 3 aromatic rings. The van der Waals surface area contributed by atoms with E-state index in [9.17, 15) is 14.7 Å². The van der Waals surface area contributed by atoms with Gasteiger partial charge in [0.1, 0.15) is 17.1 Å². The highest BCUT2D eigenvalue weighted by Crippen LogP contribution is 2.33. The number of fused-ring (bicyclic) bond motifs is 1. The number of benzene rings is 2. The first-order valence-electron chi connectivity index (χ1n) is 8.44. The highest BCUT2D eigenvalue weighted by Gasteiger charge is 2.29. The second-order valence-electron chi connectivity index (χ2n) is 6.18. The van der Waals surface area contributed by atoms with Gasteiger partial charge in [-0.2, -0.15) is 5.10 Å². The first-order valence-corrected chi connectivity index (χ1v) is 9.24. The van der Waals surface area contributed by atoms with Crippen molar-refractivity contribution in [1.82, 2.24) is 9.78 Å². The van der Waals surface area contributed by atoms with Gasteiger partial charge in [0.15, 0.2) is 0 Å². The summed E-state index contributed by atoms with van der Waals surface area (Å²) in [7, 11) is 0. The Morgan fingerprint density at radius 1 is 1.11 bits per heavy atom. The van der Waals surface area contributed by atoms with Gasteiger partial charge in [-0.15, -0.1) is 0 Å². The summed E-state index contributed by atoms with van der Waals surface area (Å²) in [6.45, 7) is 0. The smallest absolute Gasteiger partial charge is 0.352 e. The maximum Gasteiger partial charge on any atom is 0.352 e. The van der Waals surface area contributed by atoms with Gasteiger partial charge in [0.05, 0.1) is 12.2 Å². The van der Waals surface area contributed by atoms with Crippen LogP contribution in [0.25, 0.3) is 0 Å². The van der Waals surface area contributed by atoms with Gasteiger partial charge in [0.2, 0.25) is 0 Å². The molecule has 4 rings (SSSR count). The molecule has 1 aliphatic heterocycles. The zero-order valence-corrected chi connectivity index (χ0v) is 16.1. The topological polar surface area (TPSA) is 96.2 Å². The number of amides is 1.